The van der Waals surface area contributed by atoms with Crippen LogP contribution in [0.4, 0.5) is 0 Å². The van der Waals surface area contributed by atoms with Gasteiger partial charge in [-0.15, -0.1) is 0 Å². The van der Waals surface area contributed by atoms with E-state index in [0.717, 1.165) is 5.75 Å². The van der Waals surface area contributed by atoms with E-state index in [1.165, 1.54) is 0 Å². The Morgan fingerprint density at radius 2 is 2.05 bits per heavy atom. The molecule has 1 heterocycles. The van der Waals surface area contributed by atoms with E-state index in [1.807, 2.05) is 0 Å². The van der Waals surface area contributed by atoms with Crippen molar-refractivity contribution in [3.63, 3.8) is 0 Å². The van der Waals surface area contributed by atoms with E-state index in [4.69, 9.17) is 21.4 Å². The lowest BCUT2D eigenvalue weighted by atomic mass is 10.1. The van der Waals surface area contributed by atoms with E-state index < -0.39 is 11.9 Å². The Labute approximate surface area is 128 Å². The molecule has 1 aromatic carbocycles. The number of hydrogen-bond acceptors (Lipinski definition) is 3. The predicted molar refractivity (Wildman–Crippen MR) is 78.5 cm³/mol. The molecule has 2 rings (SSSR count). The van der Waals surface area contributed by atoms with Crippen LogP contribution in [-0.4, -0.2) is 41.6 Å². The van der Waals surface area contributed by atoms with Crippen molar-refractivity contribution in [2.45, 2.75) is 19.3 Å². The van der Waals surface area contributed by atoms with Crippen LogP contribution in [0.15, 0.2) is 24.3 Å². The minimum Gasteiger partial charge on any atom is -0.494 e. The van der Waals surface area contributed by atoms with Gasteiger partial charge in [-0.3, -0.25) is 9.59 Å². The fraction of sp³-hybridized carbons (Fsp3) is 0.467. The molecule has 1 atom stereocenters. The summed E-state index contributed by atoms with van der Waals surface area (Å²) in [6, 6.07) is 7.06. The van der Waals surface area contributed by atoms with Crippen molar-refractivity contribution in [1.82, 2.24) is 4.90 Å². The van der Waals surface area contributed by atoms with Gasteiger partial charge >= 0.3 is 5.97 Å². The SMILES string of the molecule is O=C(O)C1CCN(C(=O)CCCOc2ccc(Cl)cc2)C1. The van der Waals surface area contributed by atoms with E-state index in [-0.39, 0.29) is 5.91 Å². The van der Waals surface area contributed by atoms with Crippen LogP contribution in [0.3, 0.4) is 0 Å². The van der Waals surface area contributed by atoms with Gasteiger partial charge in [0.05, 0.1) is 12.5 Å². The number of carboxylic acids is 1. The number of benzene rings is 1. The fourth-order valence-electron chi connectivity index (χ4n) is 2.29. The summed E-state index contributed by atoms with van der Waals surface area (Å²) in [5.74, 6) is -0.520. The van der Waals surface area contributed by atoms with Gasteiger partial charge in [-0.05, 0) is 37.1 Å². The summed E-state index contributed by atoms with van der Waals surface area (Å²) >= 11 is 5.77. The molecule has 6 heteroatoms. The van der Waals surface area contributed by atoms with Crippen molar-refractivity contribution in [3.8, 4) is 5.75 Å². The molecule has 114 valence electrons. The van der Waals surface area contributed by atoms with Crippen molar-refractivity contribution in [1.29, 1.82) is 0 Å². The highest BCUT2D eigenvalue weighted by Crippen LogP contribution is 2.18. The number of carbonyl (C=O) groups excluding carboxylic acids is 1. The van der Waals surface area contributed by atoms with Gasteiger partial charge in [0.2, 0.25) is 5.91 Å². The molecule has 1 amide bonds. The molecular weight excluding hydrogens is 294 g/mol. The van der Waals surface area contributed by atoms with Gasteiger partial charge in [-0.2, -0.15) is 0 Å². The molecule has 0 aromatic heterocycles. The summed E-state index contributed by atoms with van der Waals surface area (Å²) in [7, 11) is 0. The van der Waals surface area contributed by atoms with Gasteiger partial charge in [0.15, 0.2) is 0 Å². The second-order valence-corrected chi connectivity index (χ2v) is 5.51. The average Bonchev–Trinajstić information content (AvgIpc) is 2.95. The quantitative estimate of drug-likeness (QED) is 0.819. The first-order chi connectivity index (χ1) is 10.1. The molecule has 1 unspecified atom stereocenters. The Balaban J connectivity index is 1.66. The molecule has 0 bridgehead atoms. The third-order valence-corrected chi connectivity index (χ3v) is 3.76. The zero-order chi connectivity index (χ0) is 15.2. The van der Waals surface area contributed by atoms with Gasteiger partial charge in [-0.25, -0.2) is 0 Å². The van der Waals surface area contributed by atoms with Gasteiger partial charge in [-0.1, -0.05) is 11.6 Å². The molecule has 0 spiro atoms. The van der Waals surface area contributed by atoms with Crippen molar-refractivity contribution in [3.05, 3.63) is 29.3 Å². The zero-order valence-corrected chi connectivity index (χ0v) is 12.4. The maximum absolute atomic E-state index is 11.9. The number of amides is 1. The fourth-order valence-corrected chi connectivity index (χ4v) is 2.42. The third kappa shape index (κ3) is 4.63. The van der Waals surface area contributed by atoms with Gasteiger partial charge in [0.25, 0.3) is 0 Å². The first-order valence-corrected chi connectivity index (χ1v) is 7.33. The predicted octanol–water partition coefficient (Wildman–Crippen LogP) is 2.43. The molecular formula is C15H18ClNO4. The van der Waals surface area contributed by atoms with Crippen molar-refractivity contribution in [2.75, 3.05) is 19.7 Å². The highest BCUT2D eigenvalue weighted by atomic mass is 35.5. The van der Waals surface area contributed by atoms with Gasteiger partial charge in [0, 0.05) is 24.5 Å². The molecule has 1 fully saturated rings. The van der Waals surface area contributed by atoms with Crippen molar-refractivity contribution in [2.24, 2.45) is 5.92 Å². The van der Waals surface area contributed by atoms with Crippen LogP contribution in [-0.2, 0) is 9.59 Å². The summed E-state index contributed by atoms with van der Waals surface area (Å²) in [4.78, 5) is 24.4. The summed E-state index contributed by atoms with van der Waals surface area (Å²) < 4.78 is 5.51. The lowest BCUT2D eigenvalue weighted by Crippen LogP contribution is -2.30. The van der Waals surface area contributed by atoms with Gasteiger partial charge < -0.3 is 14.7 Å². The summed E-state index contributed by atoms with van der Waals surface area (Å²) in [5.41, 5.74) is 0. The normalized spacial score (nSPS) is 17.8. The molecule has 1 N–H and O–H groups in total. The molecule has 1 saturated heterocycles. The highest BCUT2D eigenvalue weighted by molar-refractivity contribution is 6.30. The second kappa shape index (κ2) is 7.31. The second-order valence-electron chi connectivity index (χ2n) is 5.07. The van der Waals surface area contributed by atoms with E-state index >= 15 is 0 Å². The van der Waals surface area contributed by atoms with E-state index in [0.29, 0.717) is 44.0 Å². The summed E-state index contributed by atoms with van der Waals surface area (Å²) in [5, 5.41) is 9.56. The molecule has 0 saturated carbocycles. The molecule has 1 aliphatic heterocycles. The average molecular weight is 312 g/mol. The number of aliphatic carboxylic acids is 1. The van der Waals surface area contributed by atoms with Gasteiger partial charge in [0.1, 0.15) is 5.75 Å². The van der Waals surface area contributed by atoms with Crippen LogP contribution in [0.1, 0.15) is 19.3 Å². The molecule has 21 heavy (non-hydrogen) atoms. The van der Waals surface area contributed by atoms with Crippen molar-refractivity contribution >= 4 is 23.5 Å². The Morgan fingerprint density at radius 3 is 2.67 bits per heavy atom. The number of nitrogens with zero attached hydrogens (tertiary/aromatic N) is 1. The maximum atomic E-state index is 11.9. The third-order valence-electron chi connectivity index (χ3n) is 3.51. The van der Waals surface area contributed by atoms with Crippen LogP contribution in [0, 0.1) is 5.92 Å². The zero-order valence-electron chi connectivity index (χ0n) is 11.6. The number of ether oxygens (including phenoxy) is 1. The van der Waals surface area contributed by atoms with E-state index in [9.17, 15) is 9.59 Å². The van der Waals surface area contributed by atoms with Crippen LogP contribution >= 0.6 is 11.6 Å². The lowest BCUT2D eigenvalue weighted by molar-refractivity contribution is -0.141. The summed E-state index contributed by atoms with van der Waals surface area (Å²) in [6.07, 6.45) is 1.53. The Morgan fingerprint density at radius 1 is 1.33 bits per heavy atom. The minimum absolute atomic E-state index is 0.00143. The van der Waals surface area contributed by atoms with E-state index in [2.05, 4.69) is 0 Å². The van der Waals surface area contributed by atoms with Crippen molar-refractivity contribution < 1.29 is 19.4 Å². The van der Waals surface area contributed by atoms with E-state index in [1.54, 1.807) is 29.2 Å². The number of hydrogen-bond donors (Lipinski definition) is 1. The number of rotatable bonds is 6. The molecule has 1 aromatic rings. The first kappa shape index (κ1) is 15.6. The minimum atomic E-state index is -0.823. The monoisotopic (exact) mass is 311 g/mol. The number of likely N-dealkylation sites (tertiary alicyclic amines) is 1. The first-order valence-electron chi connectivity index (χ1n) is 6.95. The van der Waals surface area contributed by atoms with Crippen LogP contribution in [0.2, 0.25) is 5.02 Å². The molecule has 0 radical (unpaired) electrons. The number of carboxylic acid groups (broad SMARTS) is 1. The number of halogens is 1. The summed E-state index contributed by atoms with van der Waals surface area (Å²) in [6.45, 7) is 1.31. The van der Waals surface area contributed by atoms with Crippen LogP contribution in [0.25, 0.3) is 0 Å². The Hall–Kier alpha value is -1.75. The number of carbonyl (C=O) groups is 2. The Kier molecular flexibility index (Phi) is 5.44. The van der Waals surface area contributed by atoms with Crippen LogP contribution in [0.5, 0.6) is 5.75 Å². The van der Waals surface area contributed by atoms with Crippen LogP contribution < -0.4 is 4.74 Å². The maximum Gasteiger partial charge on any atom is 0.308 e. The Bertz CT molecular complexity index is 503. The molecule has 5 nitrogen and oxygen atoms in total. The molecule has 0 aliphatic carbocycles. The largest absolute Gasteiger partial charge is 0.494 e. The highest BCUT2D eigenvalue weighted by Gasteiger charge is 2.30. The topological polar surface area (TPSA) is 66.8 Å². The lowest BCUT2D eigenvalue weighted by Gasteiger charge is -2.15. The smallest absolute Gasteiger partial charge is 0.308 e. The standard InChI is InChI=1S/C15H18ClNO4/c16-12-3-5-13(6-4-12)21-9-1-2-14(18)17-8-7-11(10-17)15(19)20/h3-6,11H,1-2,7-10H2,(H,19,20). The molecule has 1 aliphatic rings.